The molecule has 0 aliphatic heterocycles. The van der Waals surface area contributed by atoms with Crippen LogP contribution in [0.1, 0.15) is 76.6 Å². The second-order valence-electron chi connectivity index (χ2n) is 12.1. The predicted molar refractivity (Wildman–Crippen MR) is 160 cm³/mol. The molecule has 182 valence electrons. The summed E-state index contributed by atoms with van der Waals surface area (Å²) in [5, 5.41) is 2.77. The third-order valence-electron chi connectivity index (χ3n) is 8.23. The minimum absolute atomic E-state index is 0.00145. The minimum atomic E-state index is -0.00145. The smallest absolute Gasteiger partial charge is 0.0361 e. The van der Waals surface area contributed by atoms with Gasteiger partial charge in [-0.15, -0.1) is 11.3 Å². The molecule has 1 aliphatic rings. The highest BCUT2D eigenvalue weighted by Gasteiger charge is 2.36. The molecule has 0 spiro atoms. The van der Waals surface area contributed by atoms with Gasteiger partial charge >= 0.3 is 0 Å². The van der Waals surface area contributed by atoms with Gasteiger partial charge in [-0.1, -0.05) is 103 Å². The third kappa shape index (κ3) is 3.71. The van der Waals surface area contributed by atoms with Crippen LogP contribution in [0.15, 0.2) is 72.8 Å². The Kier molecular flexibility index (Phi) is 5.43. The van der Waals surface area contributed by atoms with Crippen molar-refractivity contribution in [1.29, 1.82) is 0 Å². The van der Waals surface area contributed by atoms with Gasteiger partial charge in [0.25, 0.3) is 0 Å². The van der Waals surface area contributed by atoms with Crippen LogP contribution in [0.2, 0.25) is 0 Å². The molecule has 1 heterocycles. The maximum atomic E-state index is 2.45. The summed E-state index contributed by atoms with van der Waals surface area (Å²) in [7, 11) is 0. The average Bonchev–Trinajstić information content (AvgIpc) is 3.33. The molecule has 0 nitrogen and oxygen atoms in total. The van der Waals surface area contributed by atoms with Gasteiger partial charge in [0.2, 0.25) is 0 Å². The van der Waals surface area contributed by atoms with Crippen LogP contribution >= 0.6 is 11.3 Å². The van der Waals surface area contributed by atoms with Gasteiger partial charge in [0.1, 0.15) is 0 Å². The van der Waals surface area contributed by atoms with Crippen molar-refractivity contribution in [2.45, 2.75) is 71.6 Å². The molecule has 0 radical (unpaired) electrons. The van der Waals surface area contributed by atoms with Gasteiger partial charge in [0.05, 0.1) is 0 Å². The Morgan fingerprint density at radius 2 is 1.31 bits per heavy atom. The molecule has 0 amide bonds. The van der Waals surface area contributed by atoms with Gasteiger partial charge in [-0.25, -0.2) is 0 Å². The van der Waals surface area contributed by atoms with Gasteiger partial charge < -0.3 is 0 Å². The lowest BCUT2D eigenvalue weighted by molar-refractivity contribution is 0.584. The van der Waals surface area contributed by atoms with Crippen molar-refractivity contribution in [2.75, 3.05) is 0 Å². The average molecular weight is 489 g/mol. The molecule has 5 aromatic rings. The maximum absolute atomic E-state index is 2.45. The van der Waals surface area contributed by atoms with E-state index in [-0.39, 0.29) is 10.8 Å². The number of aryl methyl sites for hydroxylation is 1. The second-order valence-corrected chi connectivity index (χ2v) is 13.2. The Morgan fingerprint density at radius 3 is 2.03 bits per heavy atom. The number of thiophene rings is 1. The Bertz CT molecular complexity index is 1620. The second kappa shape index (κ2) is 8.32. The van der Waals surface area contributed by atoms with E-state index in [4.69, 9.17) is 0 Å². The van der Waals surface area contributed by atoms with Gasteiger partial charge in [-0.3, -0.25) is 0 Å². The zero-order valence-corrected chi connectivity index (χ0v) is 23.3. The summed E-state index contributed by atoms with van der Waals surface area (Å²) in [5.41, 5.74) is 11.3. The van der Waals surface area contributed by atoms with Crippen molar-refractivity contribution in [2.24, 2.45) is 0 Å². The van der Waals surface area contributed by atoms with E-state index in [0.29, 0.717) is 0 Å². The van der Waals surface area contributed by atoms with Crippen LogP contribution in [-0.2, 0) is 17.3 Å². The summed E-state index contributed by atoms with van der Waals surface area (Å²) in [4.78, 5) is 0. The molecule has 4 aromatic carbocycles. The van der Waals surface area contributed by atoms with Crippen LogP contribution in [0, 0.1) is 0 Å². The molecule has 1 heteroatoms. The fourth-order valence-electron chi connectivity index (χ4n) is 5.92. The lowest BCUT2D eigenvalue weighted by Gasteiger charge is -2.25. The van der Waals surface area contributed by atoms with E-state index in [1.807, 2.05) is 11.3 Å². The standard InChI is InChI=1S/C35H36S/c1-7-8-9-22-10-14-28-29-16-12-24(20-33(29)36-32(28)18-22)23-11-15-26-27-17-13-25(34(2,3)4)21-31(27)35(5,6)30(26)19-23/h10-21H,7-9H2,1-6H3. The molecule has 0 atom stereocenters. The summed E-state index contributed by atoms with van der Waals surface area (Å²) in [6.45, 7) is 14.0. The first kappa shape index (κ1) is 23.5. The van der Waals surface area contributed by atoms with Gasteiger partial charge in [0.15, 0.2) is 0 Å². The number of fused-ring (bicyclic) bond motifs is 6. The maximum Gasteiger partial charge on any atom is 0.0361 e. The highest BCUT2D eigenvalue weighted by atomic mass is 32.1. The molecule has 0 fully saturated rings. The number of benzene rings is 4. The SMILES string of the molecule is CCCCc1ccc2c(c1)sc1cc(-c3ccc4c(c3)C(C)(C)c3cc(C(C)(C)C)ccc3-4)ccc12. The van der Waals surface area contributed by atoms with E-state index in [2.05, 4.69) is 114 Å². The first-order valence-electron chi connectivity index (χ1n) is 13.4. The molecule has 0 saturated heterocycles. The molecule has 0 N–H and O–H groups in total. The molecule has 36 heavy (non-hydrogen) atoms. The van der Waals surface area contributed by atoms with Crippen LogP contribution in [0.4, 0.5) is 0 Å². The molecular formula is C35H36S. The molecule has 0 saturated carbocycles. The van der Waals surface area contributed by atoms with Gasteiger partial charge in [0, 0.05) is 25.6 Å². The summed E-state index contributed by atoms with van der Waals surface area (Å²) in [6, 6.07) is 28.4. The van der Waals surface area contributed by atoms with Crippen LogP contribution < -0.4 is 0 Å². The Morgan fingerprint density at radius 1 is 0.694 bits per heavy atom. The number of unbranched alkanes of at least 4 members (excludes halogenated alkanes) is 1. The van der Waals surface area contributed by atoms with Crippen molar-refractivity contribution in [1.82, 2.24) is 0 Å². The van der Waals surface area contributed by atoms with Crippen LogP contribution in [-0.4, -0.2) is 0 Å². The Hall–Kier alpha value is -2.90. The minimum Gasteiger partial charge on any atom is -0.135 e. The number of hydrogen-bond donors (Lipinski definition) is 0. The lowest BCUT2D eigenvalue weighted by Crippen LogP contribution is -2.17. The highest BCUT2D eigenvalue weighted by Crippen LogP contribution is 2.50. The molecule has 1 aliphatic carbocycles. The van der Waals surface area contributed by atoms with E-state index in [9.17, 15) is 0 Å². The van der Waals surface area contributed by atoms with E-state index in [1.54, 1.807) is 0 Å². The van der Waals surface area contributed by atoms with E-state index in [0.717, 1.165) is 0 Å². The molecule has 0 unspecified atom stereocenters. The Labute approximate surface area is 220 Å². The number of rotatable bonds is 4. The first-order valence-corrected chi connectivity index (χ1v) is 14.2. The van der Waals surface area contributed by atoms with Gasteiger partial charge in [-0.2, -0.15) is 0 Å². The summed E-state index contributed by atoms with van der Waals surface area (Å²) in [5.74, 6) is 0. The number of hydrogen-bond acceptors (Lipinski definition) is 1. The van der Waals surface area contributed by atoms with Crippen molar-refractivity contribution in [3.63, 3.8) is 0 Å². The highest BCUT2D eigenvalue weighted by molar-refractivity contribution is 7.25. The topological polar surface area (TPSA) is 0 Å². The van der Waals surface area contributed by atoms with E-state index >= 15 is 0 Å². The van der Waals surface area contributed by atoms with E-state index in [1.165, 1.54) is 83.9 Å². The van der Waals surface area contributed by atoms with Crippen molar-refractivity contribution >= 4 is 31.5 Å². The molecule has 1 aromatic heterocycles. The zero-order valence-electron chi connectivity index (χ0n) is 22.5. The van der Waals surface area contributed by atoms with Crippen LogP contribution in [0.3, 0.4) is 0 Å². The Balaban J connectivity index is 1.41. The monoisotopic (exact) mass is 488 g/mol. The zero-order chi connectivity index (χ0) is 25.2. The molecule has 0 bridgehead atoms. The van der Waals surface area contributed by atoms with Crippen molar-refractivity contribution in [3.8, 4) is 22.3 Å². The predicted octanol–water partition coefficient (Wildman–Crippen LogP) is 10.7. The van der Waals surface area contributed by atoms with Gasteiger partial charge in [-0.05, 0) is 81.0 Å². The quantitative estimate of drug-likeness (QED) is 0.236. The largest absolute Gasteiger partial charge is 0.135 e. The summed E-state index contributed by atoms with van der Waals surface area (Å²) < 4.78 is 2.80. The molecule has 6 rings (SSSR count). The van der Waals surface area contributed by atoms with E-state index < -0.39 is 0 Å². The normalized spacial score (nSPS) is 14.4. The van der Waals surface area contributed by atoms with Crippen LogP contribution in [0.25, 0.3) is 42.4 Å². The van der Waals surface area contributed by atoms with Crippen LogP contribution in [0.5, 0.6) is 0 Å². The third-order valence-corrected chi connectivity index (χ3v) is 9.35. The summed E-state index contributed by atoms with van der Waals surface area (Å²) >= 11 is 1.94. The van der Waals surface area contributed by atoms with Crippen molar-refractivity contribution in [3.05, 3.63) is 95.1 Å². The molecular weight excluding hydrogens is 452 g/mol. The fourth-order valence-corrected chi connectivity index (χ4v) is 7.13. The fraction of sp³-hybridized carbons (Fsp3) is 0.314. The first-order chi connectivity index (χ1) is 17.2. The lowest BCUT2D eigenvalue weighted by atomic mass is 9.78. The van der Waals surface area contributed by atoms with Crippen molar-refractivity contribution < 1.29 is 0 Å². The summed E-state index contributed by atoms with van der Waals surface area (Å²) in [6.07, 6.45) is 3.68.